The van der Waals surface area contributed by atoms with Gasteiger partial charge in [-0.25, -0.2) is 12.8 Å². The maximum atomic E-state index is 14.0. The van der Waals surface area contributed by atoms with Gasteiger partial charge in [-0.3, -0.25) is 14.5 Å². The van der Waals surface area contributed by atoms with Crippen molar-refractivity contribution in [2.24, 2.45) is 5.92 Å². The molecule has 168 valence electrons. The molecule has 8 nitrogen and oxygen atoms in total. The Morgan fingerprint density at radius 3 is 2.47 bits per heavy atom. The Kier molecular flexibility index (Phi) is 8.75. The molecule has 0 bridgehead atoms. The number of nitrogens with one attached hydrogen (secondary N) is 2. The molecule has 0 aromatic heterocycles. The minimum absolute atomic E-state index is 0.0602. The molecule has 0 radical (unpaired) electrons. The van der Waals surface area contributed by atoms with Crippen molar-refractivity contribution < 1.29 is 22.4 Å². The number of nitrogens with zero attached hydrogens (tertiary/aromatic N) is 2. The number of carbonyl (C=O) groups excluding carboxylic acids is 2. The van der Waals surface area contributed by atoms with E-state index in [2.05, 4.69) is 10.0 Å². The minimum atomic E-state index is -4.20. The third-order valence-electron chi connectivity index (χ3n) is 4.98. The van der Waals surface area contributed by atoms with Gasteiger partial charge in [0.15, 0.2) is 0 Å². The van der Waals surface area contributed by atoms with Crippen LogP contribution < -0.4 is 10.0 Å². The van der Waals surface area contributed by atoms with Crippen LogP contribution in [-0.4, -0.2) is 75.3 Å². The first-order chi connectivity index (χ1) is 14.2. The summed E-state index contributed by atoms with van der Waals surface area (Å²) in [4.78, 5) is 28.1. The molecule has 1 aromatic carbocycles. The Hall–Kier alpha value is -2.04. The lowest BCUT2D eigenvalue weighted by atomic mass is 10.0. The van der Waals surface area contributed by atoms with Gasteiger partial charge in [0, 0.05) is 32.7 Å². The van der Waals surface area contributed by atoms with Crippen LogP contribution in [0, 0.1) is 11.7 Å². The molecule has 0 saturated carbocycles. The molecular weight excluding hydrogens is 411 g/mol. The van der Waals surface area contributed by atoms with Crippen LogP contribution >= 0.6 is 0 Å². The molecule has 30 heavy (non-hydrogen) atoms. The summed E-state index contributed by atoms with van der Waals surface area (Å²) in [5.41, 5.74) is 0. The maximum Gasteiger partial charge on any atom is 0.244 e. The average molecular weight is 443 g/mol. The summed E-state index contributed by atoms with van der Waals surface area (Å²) in [6, 6.07) is 4.07. The van der Waals surface area contributed by atoms with Gasteiger partial charge < -0.3 is 10.2 Å². The molecule has 1 atom stereocenters. The largest absolute Gasteiger partial charge is 0.355 e. The summed E-state index contributed by atoms with van der Waals surface area (Å²) in [5, 5.41) is 2.76. The van der Waals surface area contributed by atoms with Crippen LogP contribution in [0.15, 0.2) is 29.2 Å². The highest BCUT2D eigenvalue weighted by Gasteiger charge is 2.33. The van der Waals surface area contributed by atoms with Crippen molar-refractivity contribution >= 4 is 21.8 Å². The van der Waals surface area contributed by atoms with E-state index in [1.54, 1.807) is 18.7 Å². The zero-order valence-electron chi connectivity index (χ0n) is 17.7. The SMILES string of the molecule is CCNC(=O)CN1CCCN(C(=O)[C@@H](NS(=O)(=O)c2ccccc2F)C(C)C)CC1. The average Bonchev–Trinajstić information content (AvgIpc) is 2.91. The molecule has 10 heteroatoms. The first kappa shape index (κ1) is 24.2. The van der Waals surface area contributed by atoms with Crippen LogP contribution in [0.5, 0.6) is 0 Å². The number of sulfonamides is 1. The summed E-state index contributed by atoms with van der Waals surface area (Å²) >= 11 is 0. The molecule has 0 spiro atoms. The molecule has 1 aliphatic rings. The van der Waals surface area contributed by atoms with Crippen LogP contribution in [0.25, 0.3) is 0 Å². The van der Waals surface area contributed by atoms with Crippen LogP contribution in [0.2, 0.25) is 0 Å². The lowest BCUT2D eigenvalue weighted by molar-refractivity contribution is -0.133. The van der Waals surface area contributed by atoms with Gasteiger partial charge in [-0.2, -0.15) is 4.72 Å². The lowest BCUT2D eigenvalue weighted by Crippen LogP contribution is -2.52. The highest BCUT2D eigenvalue weighted by molar-refractivity contribution is 7.89. The van der Waals surface area contributed by atoms with Crippen LogP contribution in [0.3, 0.4) is 0 Å². The summed E-state index contributed by atoms with van der Waals surface area (Å²) in [7, 11) is -4.20. The predicted molar refractivity (Wildman–Crippen MR) is 112 cm³/mol. The van der Waals surface area contributed by atoms with E-state index >= 15 is 0 Å². The van der Waals surface area contributed by atoms with Crippen LogP contribution in [0.4, 0.5) is 4.39 Å². The molecule has 2 N–H and O–H groups in total. The third-order valence-corrected chi connectivity index (χ3v) is 6.46. The van der Waals surface area contributed by atoms with Crippen molar-refractivity contribution in [1.29, 1.82) is 0 Å². The molecule has 1 aliphatic heterocycles. The van der Waals surface area contributed by atoms with Crippen molar-refractivity contribution in [3.05, 3.63) is 30.1 Å². The highest BCUT2D eigenvalue weighted by atomic mass is 32.2. The second kappa shape index (κ2) is 10.8. The molecule has 1 heterocycles. The molecule has 2 rings (SSSR count). The van der Waals surface area contributed by atoms with Crippen molar-refractivity contribution in [1.82, 2.24) is 19.8 Å². The van der Waals surface area contributed by atoms with Gasteiger partial charge in [0.2, 0.25) is 21.8 Å². The number of benzene rings is 1. The second-order valence-corrected chi connectivity index (χ2v) is 9.36. The van der Waals surface area contributed by atoms with Crippen molar-refractivity contribution in [3.63, 3.8) is 0 Å². The number of halogens is 1. The summed E-state index contributed by atoms with van der Waals surface area (Å²) < 4.78 is 41.8. The van der Waals surface area contributed by atoms with Gasteiger partial charge in [0.05, 0.1) is 6.54 Å². The number of hydrogen-bond acceptors (Lipinski definition) is 5. The minimum Gasteiger partial charge on any atom is -0.355 e. The molecule has 0 unspecified atom stereocenters. The van der Waals surface area contributed by atoms with Gasteiger partial charge in [-0.1, -0.05) is 26.0 Å². The quantitative estimate of drug-likeness (QED) is 0.621. The summed E-state index contributed by atoms with van der Waals surface area (Å²) in [6.07, 6.45) is 0.677. The fourth-order valence-corrected chi connectivity index (χ4v) is 4.78. The molecule has 1 aromatic rings. The first-order valence-corrected chi connectivity index (χ1v) is 11.7. The molecule has 0 aliphatic carbocycles. The van der Waals surface area contributed by atoms with E-state index in [1.807, 2.05) is 11.8 Å². The van der Waals surface area contributed by atoms with Crippen LogP contribution in [0.1, 0.15) is 27.2 Å². The number of carbonyl (C=O) groups is 2. The van der Waals surface area contributed by atoms with Gasteiger partial charge in [0.1, 0.15) is 16.8 Å². The third kappa shape index (κ3) is 6.48. The highest BCUT2D eigenvalue weighted by Crippen LogP contribution is 2.17. The zero-order valence-corrected chi connectivity index (χ0v) is 18.5. The van der Waals surface area contributed by atoms with Gasteiger partial charge in [0.25, 0.3) is 0 Å². The van der Waals surface area contributed by atoms with E-state index in [-0.39, 0.29) is 24.3 Å². The molecule has 2 amide bonds. The Morgan fingerprint density at radius 2 is 1.83 bits per heavy atom. The number of likely N-dealkylation sites (N-methyl/N-ethyl adjacent to an activating group) is 1. The van der Waals surface area contributed by atoms with E-state index in [1.165, 1.54) is 18.2 Å². The van der Waals surface area contributed by atoms with Gasteiger partial charge in [-0.15, -0.1) is 0 Å². The van der Waals surface area contributed by atoms with Crippen molar-refractivity contribution in [3.8, 4) is 0 Å². The topological polar surface area (TPSA) is 98.8 Å². The van der Waals surface area contributed by atoms with Crippen molar-refractivity contribution in [2.75, 3.05) is 39.3 Å². The Bertz CT molecular complexity index is 847. The Morgan fingerprint density at radius 1 is 1.13 bits per heavy atom. The van der Waals surface area contributed by atoms with Gasteiger partial charge in [-0.05, 0) is 31.4 Å². The van der Waals surface area contributed by atoms with Gasteiger partial charge >= 0.3 is 0 Å². The summed E-state index contributed by atoms with van der Waals surface area (Å²) in [6.45, 7) is 8.23. The lowest BCUT2D eigenvalue weighted by Gasteiger charge is -2.29. The van der Waals surface area contributed by atoms with E-state index in [0.29, 0.717) is 39.1 Å². The smallest absolute Gasteiger partial charge is 0.244 e. The number of amides is 2. The standard InChI is InChI=1S/C20H31FN4O4S/c1-4-22-18(26)14-24-10-7-11-25(13-12-24)20(27)19(15(2)3)23-30(28,29)17-9-6-5-8-16(17)21/h5-6,8-9,15,19,23H,4,7,10-14H2,1-3H3,(H,22,26)/t19-/m0/s1. The first-order valence-electron chi connectivity index (χ1n) is 10.2. The molecule has 1 fully saturated rings. The maximum absolute atomic E-state index is 14.0. The predicted octanol–water partition coefficient (Wildman–Crippen LogP) is 0.799. The van der Waals surface area contributed by atoms with Crippen LogP contribution in [-0.2, 0) is 19.6 Å². The van der Waals surface area contributed by atoms with E-state index < -0.39 is 26.8 Å². The zero-order chi connectivity index (χ0) is 22.3. The van der Waals surface area contributed by atoms with E-state index in [9.17, 15) is 22.4 Å². The Labute approximate surface area is 177 Å². The van der Waals surface area contributed by atoms with E-state index in [4.69, 9.17) is 0 Å². The molecule has 1 saturated heterocycles. The second-order valence-electron chi connectivity index (χ2n) is 7.68. The summed E-state index contributed by atoms with van der Waals surface area (Å²) in [5.74, 6) is -1.59. The molecular formula is C20H31FN4O4S. The van der Waals surface area contributed by atoms with E-state index in [0.717, 1.165) is 6.07 Å². The number of rotatable bonds is 8. The van der Waals surface area contributed by atoms with Crippen molar-refractivity contribution in [2.45, 2.75) is 38.1 Å². The number of hydrogen-bond donors (Lipinski definition) is 2. The fourth-order valence-electron chi connectivity index (χ4n) is 3.37. The Balaban J connectivity index is 2.08. The normalized spacial score (nSPS) is 16.9. The monoisotopic (exact) mass is 442 g/mol. The fraction of sp³-hybridized carbons (Fsp3) is 0.600.